The Hall–Kier alpha value is -1.37. The van der Waals surface area contributed by atoms with Crippen LogP contribution in [0.3, 0.4) is 0 Å². The maximum Gasteiger partial charge on any atom is 0.240 e. The van der Waals surface area contributed by atoms with Crippen molar-refractivity contribution in [2.45, 2.75) is 11.4 Å². The summed E-state index contributed by atoms with van der Waals surface area (Å²) >= 11 is 3.48. The third-order valence-corrected chi connectivity index (χ3v) is 5.04. The van der Waals surface area contributed by atoms with E-state index < -0.39 is 10.0 Å². The van der Waals surface area contributed by atoms with E-state index in [1.807, 2.05) is 30.3 Å². The number of benzene rings is 2. The van der Waals surface area contributed by atoms with Gasteiger partial charge in [-0.15, -0.1) is 0 Å². The lowest BCUT2D eigenvalue weighted by Crippen LogP contribution is -2.18. The zero-order valence-electron chi connectivity index (χ0n) is 10.9. The fourth-order valence-electron chi connectivity index (χ4n) is 1.73. The molecule has 0 saturated carbocycles. The Labute approximate surface area is 127 Å². The monoisotopic (exact) mass is 354 g/mol. The fourth-order valence-corrected chi connectivity index (χ4v) is 2.93. The highest BCUT2D eigenvalue weighted by Crippen LogP contribution is 2.19. The molecule has 20 heavy (non-hydrogen) atoms. The van der Waals surface area contributed by atoms with Gasteiger partial charge in [-0.2, -0.15) is 0 Å². The minimum absolute atomic E-state index is 0.247. The Kier molecular flexibility index (Phi) is 4.80. The Morgan fingerprint density at radius 2 is 1.85 bits per heavy atom. The van der Waals surface area contributed by atoms with Crippen molar-refractivity contribution >= 4 is 31.6 Å². The summed E-state index contributed by atoms with van der Waals surface area (Å²) in [6.07, 6.45) is 0. The third-order valence-electron chi connectivity index (χ3n) is 2.85. The molecule has 4 nitrogen and oxygen atoms in total. The van der Waals surface area contributed by atoms with Crippen molar-refractivity contribution in [3.63, 3.8) is 0 Å². The zero-order valence-corrected chi connectivity index (χ0v) is 13.3. The highest BCUT2D eigenvalue weighted by molar-refractivity contribution is 9.10. The molecule has 106 valence electrons. The Morgan fingerprint density at radius 1 is 1.10 bits per heavy atom. The number of hydrogen-bond donors (Lipinski definition) is 2. The predicted octanol–water partition coefficient (Wildman–Crippen LogP) is 2.97. The van der Waals surface area contributed by atoms with Gasteiger partial charge in [0, 0.05) is 16.7 Å². The standard InChI is InChI=1S/C14H15BrN2O2S/c1-16-20(18,19)13-7-4-6-12(9-13)17-10-11-5-2-3-8-14(11)15/h2-9,16-17H,10H2,1H3. The van der Waals surface area contributed by atoms with Crippen molar-refractivity contribution in [3.8, 4) is 0 Å². The average molecular weight is 355 g/mol. The maximum absolute atomic E-state index is 11.7. The van der Waals surface area contributed by atoms with Gasteiger partial charge in [0.25, 0.3) is 0 Å². The van der Waals surface area contributed by atoms with Crippen LogP contribution >= 0.6 is 15.9 Å². The molecule has 2 aromatic carbocycles. The lowest BCUT2D eigenvalue weighted by Gasteiger charge is -2.10. The first-order valence-electron chi connectivity index (χ1n) is 6.04. The number of halogens is 1. The van der Waals surface area contributed by atoms with Crippen molar-refractivity contribution in [2.24, 2.45) is 0 Å². The molecule has 0 heterocycles. The Bertz CT molecular complexity index is 702. The highest BCUT2D eigenvalue weighted by Gasteiger charge is 2.11. The van der Waals surface area contributed by atoms with Crippen LogP contribution in [0.2, 0.25) is 0 Å². The van der Waals surface area contributed by atoms with Gasteiger partial charge >= 0.3 is 0 Å². The van der Waals surface area contributed by atoms with E-state index in [1.54, 1.807) is 18.2 Å². The van der Waals surface area contributed by atoms with E-state index in [4.69, 9.17) is 0 Å². The predicted molar refractivity (Wildman–Crippen MR) is 84.2 cm³/mol. The first-order valence-corrected chi connectivity index (χ1v) is 8.31. The minimum Gasteiger partial charge on any atom is -0.381 e. The van der Waals surface area contributed by atoms with E-state index >= 15 is 0 Å². The molecule has 0 amide bonds. The van der Waals surface area contributed by atoms with Crippen LogP contribution in [0, 0.1) is 0 Å². The molecule has 0 radical (unpaired) electrons. The molecule has 2 aromatic rings. The van der Waals surface area contributed by atoms with Crippen molar-refractivity contribution in [3.05, 3.63) is 58.6 Å². The van der Waals surface area contributed by atoms with Crippen LogP contribution < -0.4 is 10.0 Å². The average Bonchev–Trinajstić information content (AvgIpc) is 2.47. The second kappa shape index (κ2) is 6.39. The first-order chi connectivity index (χ1) is 9.53. The molecule has 6 heteroatoms. The summed E-state index contributed by atoms with van der Waals surface area (Å²) in [7, 11) is -2.01. The normalized spacial score (nSPS) is 11.3. The number of anilines is 1. The quantitative estimate of drug-likeness (QED) is 0.867. The van der Waals surface area contributed by atoms with Crippen LogP contribution in [0.5, 0.6) is 0 Å². The second-order valence-electron chi connectivity index (χ2n) is 4.18. The maximum atomic E-state index is 11.7. The van der Waals surface area contributed by atoms with Crippen molar-refractivity contribution in [1.82, 2.24) is 4.72 Å². The van der Waals surface area contributed by atoms with E-state index in [0.717, 1.165) is 15.7 Å². The molecule has 0 atom stereocenters. The van der Waals surface area contributed by atoms with Gasteiger partial charge in [0.1, 0.15) is 0 Å². The van der Waals surface area contributed by atoms with Crippen molar-refractivity contribution in [2.75, 3.05) is 12.4 Å². The number of hydrogen-bond acceptors (Lipinski definition) is 3. The van der Waals surface area contributed by atoms with Gasteiger partial charge in [-0.3, -0.25) is 0 Å². The van der Waals surface area contributed by atoms with E-state index in [0.29, 0.717) is 6.54 Å². The molecule has 0 aliphatic carbocycles. The molecular weight excluding hydrogens is 340 g/mol. The van der Waals surface area contributed by atoms with Crippen molar-refractivity contribution in [1.29, 1.82) is 0 Å². The van der Waals surface area contributed by atoms with Gasteiger partial charge in [0.05, 0.1) is 4.90 Å². The molecule has 2 N–H and O–H groups in total. The van der Waals surface area contributed by atoms with Crippen LogP contribution in [-0.2, 0) is 16.6 Å². The van der Waals surface area contributed by atoms with Gasteiger partial charge in [-0.1, -0.05) is 40.2 Å². The summed E-state index contributed by atoms with van der Waals surface area (Å²) in [6, 6.07) is 14.6. The van der Waals surface area contributed by atoms with Gasteiger partial charge < -0.3 is 5.32 Å². The minimum atomic E-state index is -3.41. The molecule has 0 aliphatic rings. The molecule has 0 aliphatic heterocycles. The van der Waals surface area contributed by atoms with Crippen LogP contribution in [-0.4, -0.2) is 15.5 Å². The van der Waals surface area contributed by atoms with Gasteiger partial charge in [-0.25, -0.2) is 13.1 Å². The topological polar surface area (TPSA) is 58.2 Å². The number of rotatable bonds is 5. The number of nitrogens with one attached hydrogen (secondary N) is 2. The summed E-state index contributed by atoms with van der Waals surface area (Å²) in [5.74, 6) is 0. The Balaban J connectivity index is 2.15. The van der Waals surface area contributed by atoms with Crippen LogP contribution in [0.15, 0.2) is 57.9 Å². The summed E-state index contributed by atoms with van der Waals surface area (Å²) in [4.78, 5) is 0.247. The van der Waals surface area contributed by atoms with Gasteiger partial charge in [0.15, 0.2) is 0 Å². The molecule has 0 aromatic heterocycles. The van der Waals surface area contributed by atoms with Gasteiger partial charge in [-0.05, 0) is 36.9 Å². The summed E-state index contributed by atoms with van der Waals surface area (Å²) in [5, 5.41) is 3.22. The smallest absolute Gasteiger partial charge is 0.240 e. The van der Waals surface area contributed by atoms with E-state index in [2.05, 4.69) is 26.0 Å². The fraction of sp³-hybridized carbons (Fsp3) is 0.143. The number of sulfonamides is 1. The lowest BCUT2D eigenvalue weighted by atomic mass is 10.2. The highest BCUT2D eigenvalue weighted by atomic mass is 79.9. The van der Waals surface area contributed by atoms with E-state index in [1.165, 1.54) is 7.05 Å². The second-order valence-corrected chi connectivity index (χ2v) is 6.92. The van der Waals surface area contributed by atoms with Crippen LogP contribution in [0.1, 0.15) is 5.56 Å². The van der Waals surface area contributed by atoms with Crippen LogP contribution in [0.4, 0.5) is 5.69 Å². The Morgan fingerprint density at radius 3 is 2.55 bits per heavy atom. The SMILES string of the molecule is CNS(=O)(=O)c1cccc(NCc2ccccc2Br)c1. The lowest BCUT2D eigenvalue weighted by molar-refractivity contribution is 0.588. The largest absolute Gasteiger partial charge is 0.381 e. The zero-order chi connectivity index (χ0) is 14.6. The van der Waals surface area contributed by atoms with E-state index in [9.17, 15) is 8.42 Å². The summed E-state index contributed by atoms with van der Waals surface area (Å²) in [6.45, 7) is 0.616. The van der Waals surface area contributed by atoms with Gasteiger partial charge in [0.2, 0.25) is 10.0 Å². The van der Waals surface area contributed by atoms with E-state index in [-0.39, 0.29) is 4.90 Å². The van der Waals surface area contributed by atoms with Crippen LogP contribution in [0.25, 0.3) is 0 Å². The summed E-state index contributed by atoms with van der Waals surface area (Å²) in [5.41, 5.74) is 1.87. The van der Waals surface area contributed by atoms with Crippen molar-refractivity contribution < 1.29 is 8.42 Å². The molecule has 2 rings (SSSR count). The molecule has 0 spiro atoms. The molecule has 0 unspecified atom stereocenters. The molecule has 0 saturated heterocycles. The molecular formula is C14H15BrN2O2S. The first kappa shape index (κ1) is 15.0. The third kappa shape index (κ3) is 3.59. The molecule has 0 fully saturated rings. The molecule has 0 bridgehead atoms. The summed E-state index contributed by atoms with van der Waals surface area (Å²) < 4.78 is 26.8.